The average Bonchev–Trinajstić information content (AvgIpc) is 3.24. The topological polar surface area (TPSA) is 118 Å². The van der Waals surface area contributed by atoms with Gasteiger partial charge in [0, 0.05) is 24.2 Å². The van der Waals surface area contributed by atoms with Crippen molar-refractivity contribution in [1.82, 2.24) is 14.1 Å². The van der Waals surface area contributed by atoms with Crippen molar-refractivity contribution in [2.45, 2.75) is 26.4 Å². The first-order chi connectivity index (χ1) is 16.0. The lowest BCUT2D eigenvalue weighted by Gasteiger charge is -2.10. The molecule has 0 spiro atoms. The lowest BCUT2D eigenvalue weighted by Crippen LogP contribution is -2.39. The molecule has 0 aliphatic rings. The maximum Gasteiger partial charge on any atom is 0.513 e. The highest BCUT2D eigenvalue weighted by Gasteiger charge is 2.18. The van der Waals surface area contributed by atoms with Crippen LogP contribution in [0.2, 0.25) is 0 Å². The van der Waals surface area contributed by atoms with Crippen LogP contribution in [-0.2, 0) is 24.2 Å². The van der Waals surface area contributed by atoms with Crippen molar-refractivity contribution in [3.63, 3.8) is 0 Å². The highest BCUT2D eigenvalue weighted by atomic mass is 32.1. The van der Waals surface area contributed by atoms with Crippen molar-refractivity contribution in [1.29, 1.82) is 0 Å². The van der Waals surface area contributed by atoms with E-state index in [0.29, 0.717) is 28.6 Å². The van der Waals surface area contributed by atoms with Gasteiger partial charge in [0.25, 0.3) is 5.56 Å². The van der Waals surface area contributed by atoms with Gasteiger partial charge in [0.2, 0.25) is 0 Å². The minimum absolute atomic E-state index is 0.0125. The quantitative estimate of drug-likeness (QED) is 0.416. The minimum atomic E-state index is -0.846. The number of nitrogen functional groups attached to an aromatic ring is 1. The van der Waals surface area contributed by atoms with Gasteiger partial charge in [-0.1, -0.05) is 30.3 Å². The number of anilines is 1. The van der Waals surface area contributed by atoms with Crippen LogP contribution in [0, 0.1) is 0 Å². The number of hydrogen-bond donors (Lipinski definition) is 1. The van der Waals surface area contributed by atoms with Crippen LogP contribution in [0.5, 0.6) is 5.75 Å². The normalized spacial score (nSPS) is 10.9. The van der Waals surface area contributed by atoms with E-state index < -0.39 is 17.4 Å². The largest absolute Gasteiger partial charge is 0.513 e. The van der Waals surface area contributed by atoms with E-state index in [2.05, 4.69) is 4.98 Å². The number of benzene rings is 1. The van der Waals surface area contributed by atoms with Crippen LogP contribution in [0.25, 0.3) is 10.1 Å². The molecule has 0 saturated heterocycles. The third-order valence-electron chi connectivity index (χ3n) is 5.08. The summed E-state index contributed by atoms with van der Waals surface area (Å²) >= 11 is 1.28. The summed E-state index contributed by atoms with van der Waals surface area (Å²) in [7, 11) is 0. The number of nitrogens with zero attached hydrogens (tertiary/aromatic N) is 3. The summed E-state index contributed by atoms with van der Waals surface area (Å²) in [5.74, 6) is 0.417. The number of ether oxygens (including phenoxy) is 2. The Morgan fingerprint density at radius 1 is 1.18 bits per heavy atom. The van der Waals surface area contributed by atoms with E-state index in [1.54, 1.807) is 12.3 Å². The molecule has 0 atom stereocenters. The Kier molecular flexibility index (Phi) is 6.55. The van der Waals surface area contributed by atoms with Crippen LogP contribution in [0.15, 0.2) is 63.8 Å². The summed E-state index contributed by atoms with van der Waals surface area (Å²) in [6, 6.07) is 11.2. The van der Waals surface area contributed by atoms with Crippen molar-refractivity contribution in [2.24, 2.45) is 0 Å². The van der Waals surface area contributed by atoms with Crippen molar-refractivity contribution in [3.8, 4) is 5.75 Å². The molecule has 4 aromatic rings. The molecular formula is C23H22N4O5S. The van der Waals surface area contributed by atoms with Crippen LogP contribution < -0.4 is 21.7 Å². The molecule has 9 nitrogen and oxygen atoms in total. The predicted octanol–water partition coefficient (Wildman–Crippen LogP) is 3.03. The fourth-order valence-corrected chi connectivity index (χ4v) is 4.49. The number of aromatic nitrogens is 3. The first-order valence-corrected chi connectivity index (χ1v) is 11.2. The molecule has 1 aromatic carbocycles. The van der Waals surface area contributed by atoms with Gasteiger partial charge in [-0.05, 0) is 29.9 Å². The number of fused-ring (bicyclic) bond motifs is 1. The Labute approximate surface area is 192 Å². The second-order valence-electron chi connectivity index (χ2n) is 7.21. The summed E-state index contributed by atoms with van der Waals surface area (Å²) < 4.78 is 13.3. The van der Waals surface area contributed by atoms with Gasteiger partial charge in [-0.15, -0.1) is 11.3 Å². The van der Waals surface area contributed by atoms with Crippen LogP contribution in [0.1, 0.15) is 18.1 Å². The molecule has 0 saturated carbocycles. The first kappa shape index (κ1) is 22.3. The zero-order chi connectivity index (χ0) is 23.4. The Balaban J connectivity index is 1.65. The number of aryl methyl sites for hydroxylation is 2. The van der Waals surface area contributed by atoms with E-state index in [0.717, 1.165) is 10.1 Å². The SMILES string of the molecule is CCOC(=O)Oc1cnc(N)c2c(Cn3c(=O)ccn(CCc4ccccc4)c3=O)csc12. The third-order valence-corrected chi connectivity index (χ3v) is 6.12. The van der Waals surface area contributed by atoms with Gasteiger partial charge in [0.05, 0.1) is 24.0 Å². The van der Waals surface area contributed by atoms with E-state index in [1.165, 1.54) is 34.4 Å². The molecule has 0 unspecified atom stereocenters. The lowest BCUT2D eigenvalue weighted by atomic mass is 10.1. The standard InChI is InChI=1S/C23H22N4O5S/c1-2-31-23(30)32-17-12-25-21(24)19-16(14-33-20(17)19)13-27-18(28)9-11-26(22(27)29)10-8-15-6-4-3-5-7-15/h3-7,9,11-12,14H,2,8,10,13H2,1H3,(H2,24,25). The van der Waals surface area contributed by atoms with Crippen molar-refractivity contribution < 1.29 is 14.3 Å². The van der Waals surface area contributed by atoms with Gasteiger partial charge >= 0.3 is 11.8 Å². The summed E-state index contributed by atoms with van der Waals surface area (Å²) in [4.78, 5) is 41.4. The minimum Gasteiger partial charge on any atom is -0.434 e. The summed E-state index contributed by atoms with van der Waals surface area (Å²) in [6.45, 7) is 2.30. The molecule has 3 aromatic heterocycles. The molecule has 0 fully saturated rings. The third kappa shape index (κ3) is 4.80. The first-order valence-electron chi connectivity index (χ1n) is 10.3. The molecule has 0 radical (unpaired) electrons. The number of carbonyl (C=O) groups is 1. The van der Waals surface area contributed by atoms with E-state index >= 15 is 0 Å². The molecule has 2 N–H and O–H groups in total. The molecule has 0 amide bonds. The molecular weight excluding hydrogens is 444 g/mol. The van der Waals surface area contributed by atoms with Gasteiger partial charge in [-0.3, -0.25) is 9.36 Å². The van der Waals surface area contributed by atoms with Crippen molar-refractivity contribution in [3.05, 3.63) is 86.1 Å². The van der Waals surface area contributed by atoms with Crippen LogP contribution >= 0.6 is 11.3 Å². The lowest BCUT2D eigenvalue weighted by molar-refractivity contribution is 0.105. The zero-order valence-corrected chi connectivity index (χ0v) is 18.7. The molecule has 170 valence electrons. The average molecular weight is 467 g/mol. The number of rotatable bonds is 7. The van der Waals surface area contributed by atoms with Gasteiger partial charge in [-0.25, -0.2) is 14.6 Å². The van der Waals surface area contributed by atoms with E-state index in [-0.39, 0.29) is 24.7 Å². The second kappa shape index (κ2) is 9.70. The Hall–Kier alpha value is -3.92. The van der Waals surface area contributed by atoms with Crippen LogP contribution in [-0.4, -0.2) is 26.9 Å². The second-order valence-corrected chi connectivity index (χ2v) is 8.09. The maximum absolute atomic E-state index is 13.0. The Morgan fingerprint density at radius 3 is 2.73 bits per heavy atom. The summed E-state index contributed by atoms with van der Waals surface area (Å²) in [5.41, 5.74) is 6.98. The van der Waals surface area contributed by atoms with Crippen molar-refractivity contribution in [2.75, 3.05) is 12.3 Å². The van der Waals surface area contributed by atoms with Gasteiger partial charge < -0.3 is 19.8 Å². The molecule has 0 bridgehead atoms. The molecule has 4 rings (SSSR count). The van der Waals surface area contributed by atoms with E-state index in [1.807, 2.05) is 30.3 Å². The molecule has 10 heteroatoms. The zero-order valence-electron chi connectivity index (χ0n) is 17.9. The molecule has 0 aliphatic heterocycles. The predicted molar refractivity (Wildman–Crippen MR) is 126 cm³/mol. The van der Waals surface area contributed by atoms with Crippen LogP contribution in [0.3, 0.4) is 0 Å². The number of carbonyl (C=O) groups excluding carboxylic acids is 1. The van der Waals surface area contributed by atoms with Crippen LogP contribution in [0.4, 0.5) is 10.6 Å². The highest BCUT2D eigenvalue weighted by Crippen LogP contribution is 2.36. The molecule has 3 heterocycles. The highest BCUT2D eigenvalue weighted by molar-refractivity contribution is 7.17. The molecule has 0 aliphatic carbocycles. The summed E-state index contributed by atoms with van der Waals surface area (Å²) in [5, 5.41) is 2.31. The molecule has 33 heavy (non-hydrogen) atoms. The Bertz CT molecular complexity index is 1410. The van der Waals surface area contributed by atoms with Gasteiger partial charge in [0.1, 0.15) is 5.82 Å². The Morgan fingerprint density at radius 2 is 1.97 bits per heavy atom. The number of hydrogen-bond acceptors (Lipinski definition) is 8. The van der Waals surface area contributed by atoms with Crippen molar-refractivity contribution >= 4 is 33.4 Å². The fourth-order valence-electron chi connectivity index (χ4n) is 3.47. The summed E-state index contributed by atoms with van der Waals surface area (Å²) in [6.07, 6.45) is 2.67. The maximum atomic E-state index is 13.0. The van der Waals surface area contributed by atoms with Gasteiger partial charge in [0.15, 0.2) is 5.75 Å². The number of thiophene rings is 1. The number of pyridine rings is 1. The monoisotopic (exact) mass is 466 g/mol. The van der Waals surface area contributed by atoms with E-state index in [9.17, 15) is 14.4 Å². The fraction of sp³-hybridized carbons (Fsp3) is 0.217. The smallest absolute Gasteiger partial charge is 0.434 e. The van der Waals surface area contributed by atoms with E-state index in [4.69, 9.17) is 15.2 Å². The number of nitrogens with two attached hydrogens (primary N) is 1. The van der Waals surface area contributed by atoms with Gasteiger partial charge in [-0.2, -0.15) is 0 Å².